The lowest BCUT2D eigenvalue weighted by Gasteiger charge is -2.14. The van der Waals surface area contributed by atoms with E-state index in [-0.39, 0.29) is 0 Å². The molecular weight excluding hydrogens is 594 g/mol. The van der Waals surface area contributed by atoms with E-state index in [1.807, 2.05) is 41.5 Å². The van der Waals surface area contributed by atoms with Crippen molar-refractivity contribution in [2.24, 2.45) is 16.2 Å². The van der Waals surface area contributed by atoms with Gasteiger partial charge in [0.1, 0.15) is 0 Å². The number of rotatable bonds is 3. The standard InChI is InChI=1S/C21H15N3O3.3C5H12.3C2H6/c25-19-22(16-10-4-1-5-11-16)20(26)24(18-14-8-3-9-15-18)21(27)23(19)17-12-6-2-7-13-17;3*1-5(2,3)4;3*1-2/h1-15H;3*1-4H3;3*1-2H3. The Morgan fingerprint density at radius 2 is 0.438 bits per heavy atom. The molecule has 0 unspecified atom stereocenters. The van der Waals surface area contributed by atoms with Crippen LogP contribution in [0.1, 0.15) is 125 Å². The number of benzene rings is 3. The van der Waals surface area contributed by atoms with E-state index in [0.717, 1.165) is 13.7 Å². The predicted molar refractivity (Wildman–Crippen MR) is 213 cm³/mol. The second-order valence-electron chi connectivity index (χ2n) is 14.9. The summed E-state index contributed by atoms with van der Waals surface area (Å²) in [7, 11) is 0. The first-order valence-electron chi connectivity index (χ1n) is 17.4. The van der Waals surface area contributed by atoms with Crippen molar-refractivity contribution in [2.45, 2.75) is 125 Å². The van der Waals surface area contributed by atoms with Crippen LogP contribution in [0.2, 0.25) is 0 Å². The Hall–Kier alpha value is -3.93. The molecule has 4 aromatic rings. The highest BCUT2D eigenvalue weighted by molar-refractivity contribution is 5.37. The topological polar surface area (TPSA) is 66.0 Å². The van der Waals surface area contributed by atoms with Crippen molar-refractivity contribution in [3.8, 4) is 17.1 Å². The lowest BCUT2D eigenvalue weighted by Crippen LogP contribution is -2.52. The summed E-state index contributed by atoms with van der Waals surface area (Å²) in [5.74, 6) is 0. The molecule has 0 spiro atoms. The fraction of sp³-hybridized carbons (Fsp3) is 0.500. The van der Waals surface area contributed by atoms with Gasteiger partial charge in [0.2, 0.25) is 0 Å². The first-order chi connectivity index (χ1) is 22.2. The molecule has 0 saturated heterocycles. The second kappa shape index (κ2) is 24.2. The van der Waals surface area contributed by atoms with E-state index in [1.54, 1.807) is 91.0 Å². The molecule has 0 amide bonds. The van der Waals surface area contributed by atoms with Gasteiger partial charge in [-0.15, -0.1) is 0 Å². The summed E-state index contributed by atoms with van der Waals surface area (Å²) >= 11 is 0. The molecular formula is C42H69N3O3. The molecule has 3 aromatic carbocycles. The molecule has 0 aliphatic heterocycles. The van der Waals surface area contributed by atoms with Crippen LogP contribution in [0.5, 0.6) is 0 Å². The van der Waals surface area contributed by atoms with Crippen LogP contribution < -0.4 is 17.1 Å². The van der Waals surface area contributed by atoms with E-state index in [0.29, 0.717) is 33.3 Å². The SMILES string of the molecule is CC.CC.CC.CC(C)(C)C.CC(C)(C)C.CC(C)(C)C.O=c1n(-c2ccccc2)c(=O)n(-c2ccccc2)c(=O)n1-c1ccccc1. The van der Waals surface area contributed by atoms with Crippen LogP contribution in [-0.4, -0.2) is 13.7 Å². The van der Waals surface area contributed by atoms with Crippen molar-refractivity contribution < 1.29 is 0 Å². The van der Waals surface area contributed by atoms with Crippen molar-refractivity contribution in [1.29, 1.82) is 0 Å². The number of nitrogens with zero attached hydrogens (tertiary/aromatic N) is 3. The van der Waals surface area contributed by atoms with Crippen molar-refractivity contribution in [3.63, 3.8) is 0 Å². The maximum Gasteiger partial charge on any atom is 0.345 e. The average Bonchev–Trinajstić information content (AvgIpc) is 2.99. The molecule has 6 nitrogen and oxygen atoms in total. The quantitative estimate of drug-likeness (QED) is 0.219. The Labute approximate surface area is 293 Å². The third-order valence-corrected chi connectivity index (χ3v) is 4.19. The van der Waals surface area contributed by atoms with Crippen molar-refractivity contribution in [1.82, 2.24) is 13.7 Å². The Balaban J connectivity index is -0.000000798. The number of hydrogen-bond acceptors (Lipinski definition) is 3. The fourth-order valence-electron chi connectivity index (χ4n) is 2.94. The fourth-order valence-corrected chi connectivity index (χ4v) is 2.94. The first kappa shape index (κ1) is 48.5. The molecule has 0 N–H and O–H groups in total. The van der Waals surface area contributed by atoms with E-state index in [9.17, 15) is 14.4 Å². The number of aromatic nitrogens is 3. The number of para-hydroxylation sites is 3. The molecule has 0 aliphatic carbocycles. The Kier molecular flexibility index (Phi) is 24.5. The highest BCUT2D eigenvalue weighted by Crippen LogP contribution is 2.09. The van der Waals surface area contributed by atoms with E-state index < -0.39 is 17.1 Å². The predicted octanol–water partition coefficient (Wildman–Crippen LogP) is 11.4. The van der Waals surface area contributed by atoms with Gasteiger partial charge >= 0.3 is 17.1 Å². The minimum absolute atomic E-state index is 0.391. The summed E-state index contributed by atoms with van der Waals surface area (Å²) in [6, 6.07) is 25.6. The maximum atomic E-state index is 13.1. The van der Waals surface area contributed by atoms with Crippen LogP contribution in [0.15, 0.2) is 105 Å². The zero-order valence-corrected chi connectivity index (χ0v) is 33.7. The monoisotopic (exact) mass is 664 g/mol. The molecule has 270 valence electrons. The molecule has 1 heterocycles. The third kappa shape index (κ3) is 22.6. The highest BCUT2D eigenvalue weighted by atomic mass is 16.2. The first-order valence-corrected chi connectivity index (χ1v) is 17.4. The maximum absolute atomic E-state index is 13.1. The summed E-state index contributed by atoms with van der Waals surface area (Å²) in [5.41, 5.74) is 0.532. The molecule has 0 aliphatic rings. The van der Waals surface area contributed by atoms with E-state index in [1.165, 1.54) is 0 Å². The van der Waals surface area contributed by atoms with Gasteiger partial charge in [-0.1, -0.05) is 179 Å². The molecule has 0 radical (unpaired) electrons. The Morgan fingerprint density at radius 3 is 0.562 bits per heavy atom. The van der Waals surface area contributed by atoms with Gasteiger partial charge < -0.3 is 0 Å². The zero-order valence-electron chi connectivity index (χ0n) is 33.7. The van der Waals surface area contributed by atoms with Crippen molar-refractivity contribution in [3.05, 3.63) is 122 Å². The minimum Gasteiger partial charge on any atom is -0.246 e. The molecule has 0 fully saturated rings. The normalized spacial score (nSPS) is 10.1. The largest absolute Gasteiger partial charge is 0.345 e. The van der Waals surface area contributed by atoms with Crippen LogP contribution in [0.3, 0.4) is 0 Å². The summed E-state index contributed by atoms with van der Waals surface area (Å²) < 4.78 is 3.00. The van der Waals surface area contributed by atoms with Crippen LogP contribution in [0.25, 0.3) is 17.1 Å². The molecule has 0 atom stereocenters. The lowest BCUT2D eigenvalue weighted by atomic mass is 10.0. The van der Waals surface area contributed by atoms with E-state index >= 15 is 0 Å². The van der Waals surface area contributed by atoms with Gasteiger partial charge in [-0.2, -0.15) is 0 Å². The zero-order chi connectivity index (χ0) is 38.3. The van der Waals surface area contributed by atoms with Gasteiger partial charge in [0.15, 0.2) is 0 Å². The van der Waals surface area contributed by atoms with Crippen LogP contribution >= 0.6 is 0 Å². The van der Waals surface area contributed by atoms with Gasteiger partial charge in [0.05, 0.1) is 17.1 Å². The van der Waals surface area contributed by atoms with Gasteiger partial charge in [0.25, 0.3) is 0 Å². The van der Waals surface area contributed by atoms with E-state index in [2.05, 4.69) is 83.1 Å². The van der Waals surface area contributed by atoms with Crippen LogP contribution in [0.4, 0.5) is 0 Å². The van der Waals surface area contributed by atoms with Gasteiger partial charge in [-0.05, 0) is 52.6 Å². The summed E-state index contributed by atoms with van der Waals surface area (Å²) in [6.45, 7) is 38.2. The second-order valence-corrected chi connectivity index (χ2v) is 14.9. The van der Waals surface area contributed by atoms with Crippen LogP contribution in [-0.2, 0) is 0 Å². The smallest absolute Gasteiger partial charge is 0.246 e. The van der Waals surface area contributed by atoms with E-state index in [4.69, 9.17) is 0 Å². The Bertz CT molecular complexity index is 1290. The van der Waals surface area contributed by atoms with Gasteiger partial charge in [-0.3, -0.25) is 0 Å². The van der Waals surface area contributed by atoms with Gasteiger partial charge in [-0.25, -0.2) is 28.1 Å². The molecule has 0 bridgehead atoms. The molecule has 0 saturated carbocycles. The van der Waals surface area contributed by atoms with Crippen molar-refractivity contribution in [2.75, 3.05) is 0 Å². The lowest BCUT2D eigenvalue weighted by molar-refractivity contribution is 0.469. The summed E-state index contributed by atoms with van der Waals surface area (Å²) in [4.78, 5) is 39.3. The number of hydrogen-bond donors (Lipinski definition) is 0. The third-order valence-electron chi connectivity index (χ3n) is 4.19. The average molecular weight is 664 g/mol. The molecule has 6 heteroatoms. The minimum atomic E-state index is -0.713. The molecule has 1 aromatic heterocycles. The van der Waals surface area contributed by atoms with Crippen LogP contribution in [0, 0.1) is 16.2 Å². The van der Waals surface area contributed by atoms with Crippen molar-refractivity contribution >= 4 is 0 Å². The molecule has 48 heavy (non-hydrogen) atoms. The summed E-state index contributed by atoms with van der Waals surface area (Å²) in [5, 5.41) is 0. The molecule has 4 rings (SSSR count). The highest BCUT2D eigenvalue weighted by Gasteiger charge is 2.18. The summed E-state index contributed by atoms with van der Waals surface area (Å²) in [6.07, 6.45) is 0. The Morgan fingerprint density at radius 1 is 0.312 bits per heavy atom. The van der Waals surface area contributed by atoms with Gasteiger partial charge in [0, 0.05) is 0 Å².